The minimum Gasteiger partial charge on any atom is -0.494 e. The molecule has 3 heterocycles. The van der Waals surface area contributed by atoms with Crippen molar-refractivity contribution < 1.29 is 14.2 Å². The van der Waals surface area contributed by atoms with Crippen LogP contribution in [-0.2, 0) is 31.3 Å². The summed E-state index contributed by atoms with van der Waals surface area (Å²) < 4.78 is 19.6. The first kappa shape index (κ1) is 22.4. The van der Waals surface area contributed by atoms with Gasteiger partial charge in [0.2, 0.25) is 0 Å². The van der Waals surface area contributed by atoms with Gasteiger partial charge >= 0.3 is 0 Å². The fourth-order valence-corrected chi connectivity index (χ4v) is 4.02. The number of nitrogens with one attached hydrogen (secondary N) is 2. The number of guanidine groups is 1. The highest BCUT2D eigenvalue weighted by Crippen LogP contribution is 2.35. The van der Waals surface area contributed by atoms with Crippen LogP contribution in [0.5, 0.6) is 11.5 Å². The van der Waals surface area contributed by atoms with E-state index in [1.807, 2.05) is 25.5 Å². The van der Waals surface area contributed by atoms with E-state index in [-0.39, 0.29) is 12.2 Å². The van der Waals surface area contributed by atoms with Crippen LogP contribution in [-0.4, -0.2) is 52.7 Å². The van der Waals surface area contributed by atoms with E-state index in [1.165, 1.54) is 5.56 Å². The lowest BCUT2D eigenvalue weighted by atomic mass is 10.1. The molecule has 0 spiro atoms. The van der Waals surface area contributed by atoms with E-state index in [4.69, 9.17) is 19.2 Å². The topological polar surface area (TPSA) is 94.8 Å². The highest BCUT2D eigenvalue weighted by molar-refractivity contribution is 5.79. The van der Waals surface area contributed by atoms with Crippen LogP contribution in [0.1, 0.15) is 49.5 Å². The summed E-state index contributed by atoms with van der Waals surface area (Å²) >= 11 is 0. The minimum atomic E-state index is 0.193. The molecule has 2 aliphatic rings. The summed E-state index contributed by atoms with van der Waals surface area (Å²) in [4.78, 5) is 4.84. The summed E-state index contributed by atoms with van der Waals surface area (Å²) in [6.45, 7) is 9.17. The molecule has 174 valence electrons. The Bertz CT molecular complexity index is 951. The van der Waals surface area contributed by atoms with Crippen LogP contribution in [0, 0.1) is 6.92 Å². The maximum Gasteiger partial charge on any atom is 0.192 e. The molecule has 32 heavy (non-hydrogen) atoms. The van der Waals surface area contributed by atoms with Crippen LogP contribution in [0.25, 0.3) is 0 Å². The van der Waals surface area contributed by atoms with E-state index in [0.717, 1.165) is 54.6 Å². The molecule has 0 radical (unpaired) electrons. The molecule has 2 aliphatic heterocycles. The number of nitrogens with zero attached hydrogens (tertiary/aromatic N) is 4. The van der Waals surface area contributed by atoms with E-state index < -0.39 is 0 Å². The third-order valence-corrected chi connectivity index (χ3v) is 5.90. The predicted molar refractivity (Wildman–Crippen MR) is 122 cm³/mol. The van der Waals surface area contributed by atoms with Gasteiger partial charge in [-0.25, -0.2) is 4.99 Å². The van der Waals surface area contributed by atoms with Gasteiger partial charge < -0.3 is 29.4 Å². The van der Waals surface area contributed by atoms with E-state index >= 15 is 0 Å². The van der Waals surface area contributed by atoms with Crippen LogP contribution >= 0.6 is 0 Å². The average molecular weight is 443 g/mol. The summed E-state index contributed by atoms with van der Waals surface area (Å²) in [6, 6.07) is 4.17. The van der Waals surface area contributed by atoms with E-state index in [9.17, 15) is 0 Å². The zero-order valence-electron chi connectivity index (χ0n) is 19.5. The number of hydrogen-bond donors (Lipinski definition) is 2. The Kier molecular flexibility index (Phi) is 7.14. The Morgan fingerprint density at radius 3 is 2.91 bits per heavy atom. The molecular weight excluding hydrogens is 408 g/mol. The molecule has 2 N–H and O–H groups in total. The summed E-state index contributed by atoms with van der Waals surface area (Å²) in [5.74, 6) is 4.24. The van der Waals surface area contributed by atoms with Gasteiger partial charge in [-0.15, -0.1) is 10.2 Å². The smallest absolute Gasteiger partial charge is 0.192 e. The number of fused-ring (bicyclic) bond motifs is 1. The van der Waals surface area contributed by atoms with Gasteiger partial charge in [-0.2, -0.15) is 0 Å². The largest absolute Gasteiger partial charge is 0.494 e. The Hall–Kier alpha value is -2.81. The van der Waals surface area contributed by atoms with Gasteiger partial charge in [0.05, 0.1) is 25.8 Å². The van der Waals surface area contributed by atoms with E-state index in [2.05, 4.69) is 39.9 Å². The highest BCUT2D eigenvalue weighted by Gasteiger charge is 2.22. The predicted octanol–water partition coefficient (Wildman–Crippen LogP) is 2.26. The number of ether oxygens (including phenoxy) is 3. The summed E-state index contributed by atoms with van der Waals surface area (Å²) in [7, 11) is 1.96. The second kappa shape index (κ2) is 10.2. The van der Waals surface area contributed by atoms with Crippen LogP contribution < -0.4 is 20.1 Å². The molecule has 0 amide bonds. The van der Waals surface area contributed by atoms with Crippen molar-refractivity contribution in [2.75, 3.05) is 19.8 Å². The molecule has 1 aromatic carbocycles. The molecule has 9 nitrogen and oxygen atoms in total. The van der Waals surface area contributed by atoms with Gasteiger partial charge in [0.25, 0.3) is 0 Å². The number of hydrogen-bond acceptors (Lipinski definition) is 6. The molecule has 2 atom stereocenters. The first-order valence-electron chi connectivity index (χ1n) is 11.5. The second-order valence-electron chi connectivity index (χ2n) is 8.39. The van der Waals surface area contributed by atoms with Crippen molar-refractivity contribution >= 4 is 5.96 Å². The third-order valence-electron chi connectivity index (χ3n) is 5.90. The Morgan fingerprint density at radius 2 is 2.19 bits per heavy atom. The van der Waals surface area contributed by atoms with Crippen molar-refractivity contribution in [1.82, 2.24) is 25.4 Å². The molecule has 2 unspecified atom stereocenters. The van der Waals surface area contributed by atoms with Gasteiger partial charge in [-0.05, 0) is 45.7 Å². The Morgan fingerprint density at radius 1 is 1.31 bits per heavy atom. The molecule has 9 heteroatoms. The average Bonchev–Trinajstić information content (AvgIpc) is 3.49. The van der Waals surface area contributed by atoms with Crippen molar-refractivity contribution in [2.45, 2.75) is 65.3 Å². The van der Waals surface area contributed by atoms with Gasteiger partial charge in [-0.1, -0.05) is 0 Å². The Balaban J connectivity index is 1.49. The summed E-state index contributed by atoms with van der Waals surface area (Å²) in [5.41, 5.74) is 2.20. The minimum absolute atomic E-state index is 0.193. The lowest BCUT2D eigenvalue weighted by molar-refractivity contribution is 0.113. The molecular formula is C23H34N6O3. The van der Waals surface area contributed by atoms with Crippen molar-refractivity contribution in [3.8, 4) is 11.5 Å². The maximum absolute atomic E-state index is 5.95. The zero-order valence-corrected chi connectivity index (χ0v) is 19.5. The van der Waals surface area contributed by atoms with E-state index in [0.29, 0.717) is 32.2 Å². The third kappa shape index (κ3) is 5.32. The van der Waals surface area contributed by atoms with Crippen LogP contribution in [0.4, 0.5) is 0 Å². The SMILES string of the molecule is CCOc1cc2c(cc1CN=C(NCc1nnc(C)n1C)NCC1CCCO1)OC(C)C2. The first-order chi connectivity index (χ1) is 15.5. The number of aromatic nitrogens is 3. The fourth-order valence-electron chi connectivity index (χ4n) is 4.02. The van der Waals surface area contributed by atoms with Gasteiger partial charge in [0, 0.05) is 37.7 Å². The molecule has 0 bridgehead atoms. The van der Waals surface area contributed by atoms with Gasteiger partial charge in [0.1, 0.15) is 23.4 Å². The quantitative estimate of drug-likeness (QED) is 0.478. The molecule has 4 rings (SSSR count). The summed E-state index contributed by atoms with van der Waals surface area (Å²) in [6.07, 6.45) is 3.49. The number of benzene rings is 1. The van der Waals surface area contributed by atoms with E-state index in [1.54, 1.807) is 0 Å². The van der Waals surface area contributed by atoms with Gasteiger partial charge in [0.15, 0.2) is 11.8 Å². The normalized spacial score (nSPS) is 20.2. The highest BCUT2D eigenvalue weighted by atomic mass is 16.5. The van der Waals surface area contributed by atoms with Crippen molar-refractivity contribution in [1.29, 1.82) is 0 Å². The van der Waals surface area contributed by atoms with Crippen LogP contribution in [0.3, 0.4) is 0 Å². The van der Waals surface area contributed by atoms with Crippen molar-refractivity contribution in [2.24, 2.45) is 12.0 Å². The molecule has 1 aromatic heterocycles. The monoisotopic (exact) mass is 442 g/mol. The molecule has 0 saturated carbocycles. The Labute approximate surface area is 189 Å². The van der Waals surface area contributed by atoms with Crippen LogP contribution in [0.15, 0.2) is 17.1 Å². The second-order valence-corrected chi connectivity index (χ2v) is 8.39. The number of aliphatic imine (C=N–C) groups is 1. The van der Waals surface area contributed by atoms with Crippen LogP contribution in [0.2, 0.25) is 0 Å². The molecule has 1 fully saturated rings. The maximum atomic E-state index is 5.95. The lowest BCUT2D eigenvalue weighted by Crippen LogP contribution is -2.41. The zero-order chi connectivity index (χ0) is 22.5. The number of rotatable bonds is 8. The fraction of sp³-hybridized carbons (Fsp3) is 0.609. The summed E-state index contributed by atoms with van der Waals surface area (Å²) in [5, 5.41) is 15.2. The van der Waals surface area contributed by atoms with Crippen molar-refractivity contribution in [3.63, 3.8) is 0 Å². The van der Waals surface area contributed by atoms with Gasteiger partial charge in [-0.3, -0.25) is 0 Å². The molecule has 0 aliphatic carbocycles. The molecule has 1 saturated heterocycles. The lowest BCUT2D eigenvalue weighted by Gasteiger charge is -2.16. The standard InChI is InChI=1S/C23H34N6O3/c1-5-30-20-10-17-9-15(2)32-21(17)11-18(20)12-24-23(25-13-19-7-6-8-31-19)26-14-22-28-27-16(3)29(22)4/h10-11,15,19H,5-9,12-14H2,1-4H3,(H2,24,25,26). The molecule has 2 aromatic rings. The number of aryl methyl sites for hydroxylation is 1. The van der Waals surface area contributed by atoms with Crippen molar-refractivity contribution in [3.05, 3.63) is 34.9 Å². The first-order valence-corrected chi connectivity index (χ1v) is 11.5.